The summed E-state index contributed by atoms with van der Waals surface area (Å²) in [6.45, 7) is 0. The summed E-state index contributed by atoms with van der Waals surface area (Å²) < 4.78 is 2.35. The lowest BCUT2D eigenvalue weighted by molar-refractivity contribution is 0.852. The highest BCUT2D eigenvalue weighted by Gasteiger charge is 2.13. The van der Waals surface area contributed by atoms with Crippen LogP contribution < -0.4 is 11.3 Å². The molecule has 0 aliphatic rings. The van der Waals surface area contributed by atoms with Crippen LogP contribution in [0.15, 0.2) is 63.9 Å². The Morgan fingerprint density at radius 2 is 1.80 bits per heavy atom. The van der Waals surface area contributed by atoms with Gasteiger partial charge in [-0.05, 0) is 18.2 Å². The highest BCUT2D eigenvalue weighted by atomic mass is 79.9. The van der Waals surface area contributed by atoms with Gasteiger partial charge in [-0.3, -0.25) is 9.89 Å². The predicted molar refractivity (Wildman–Crippen MR) is 83.9 cm³/mol. The van der Waals surface area contributed by atoms with Crippen molar-refractivity contribution in [1.82, 2.24) is 9.78 Å². The van der Waals surface area contributed by atoms with E-state index >= 15 is 0 Å². The molecule has 0 amide bonds. The van der Waals surface area contributed by atoms with Crippen LogP contribution in [-0.4, -0.2) is 9.78 Å². The smallest absolute Gasteiger partial charge is 0.295 e. The highest BCUT2D eigenvalue weighted by Crippen LogP contribution is 2.22. The Hall–Kier alpha value is -2.27. The number of nitrogens with one attached hydrogen (secondary N) is 1. The second kappa shape index (κ2) is 5.02. The van der Waals surface area contributed by atoms with Gasteiger partial charge in [-0.15, -0.1) is 0 Å². The molecule has 0 bridgehead atoms. The van der Waals surface area contributed by atoms with Crippen LogP contribution in [0.4, 0.5) is 5.69 Å². The largest absolute Gasteiger partial charge is 0.392 e. The van der Waals surface area contributed by atoms with Crippen molar-refractivity contribution in [2.45, 2.75) is 0 Å². The summed E-state index contributed by atoms with van der Waals surface area (Å²) in [5.41, 5.74) is 8.16. The number of benzene rings is 2. The molecule has 3 aromatic rings. The zero-order valence-corrected chi connectivity index (χ0v) is 12.1. The van der Waals surface area contributed by atoms with Crippen LogP contribution in [0, 0.1) is 0 Å². The van der Waals surface area contributed by atoms with E-state index < -0.39 is 0 Å². The minimum Gasteiger partial charge on any atom is -0.392 e. The number of rotatable bonds is 2. The maximum Gasteiger partial charge on any atom is 0.295 e. The van der Waals surface area contributed by atoms with E-state index in [9.17, 15) is 4.79 Å². The maximum atomic E-state index is 12.3. The van der Waals surface area contributed by atoms with Crippen molar-refractivity contribution in [1.29, 1.82) is 0 Å². The molecule has 1 heterocycles. The lowest BCUT2D eigenvalue weighted by Crippen LogP contribution is -2.16. The van der Waals surface area contributed by atoms with Crippen molar-refractivity contribution in [3.05, 3.63) is 69.4 Å². The van der Waals surface area contributed by atoms with E-state index in [1.165, 1.54) is 4.68 Å². The summed E-state index contributed by atoms with van der Waals surface area (Å²) in [7, 11) is 0. The minimum absolute atomic E-state index is 0.219. The van der Waals surface area contributed by atoms with Crippen LogP contribution in [0.1, 0.15) is 0 Å². The normalized spacial score (nSPS) is 10.7. The fourth-order valence-corrected chi connectivity index (χ4v) is 2.46. The summed E-state index contributed by atoms with van der Waals surface area (Å²) >= 11 is 3.39. The monoisotopic (exact) mass is 329 g/mol. The van der Waals surface area contributed by atoms with Crippen molar-refractivity contribution in [2.24, 2.45) is 0 Å². The molecule has 5 heteroatoms. The van der Waals surface area contributed by atoms with Crippen molar-refractivity contribution in [2.75, 3.05) is 5.73 Å². The number of hydrogen-bond acceptors (Lipinski definition) is 2. The molecule has 0 radical (unpaired) electrons. The second-order valence-electron chi connectivity index (χ2n) is 4.39. The second-order valence-corrected chi connectivity index (χ2v) is 5.30. The van der Waals surface area contributed by atoms with Crippen molar-refractivity contribution < 1.29 is 0 Å². The van der Waals surface area contributed by atoms with Crippen LogP contribution in [0.5, 0.6) is 0 Å². The minimum atomic E-state index is -0.248. The first-order valence-corrected chi connectivity index (χ1v) is 6.88. The zero-order chi connectivity index (χ0) is 14.1. The zero-order valence-electron chi connectivity index (χ0n) is 10.5. The van der Waals surface area contributed by atoms with Crippen LogP contribution in [0.25, 0.3) is 16.9 Å². The molecule has 0 saturated carbocycles. The molecule has 0 atom stereocenters. The van der Waals surface area contributed by atoms with E-state index in [0.717, 1.165) is 15.7 Å². The van der Waals surface area contributed by atoms with Gasteiger partial charge in [0.25, 0.3) is 5.56 Å². The SMILES string of the molecule is Nc1c(-c2ccccc2)[nH]n(-c2cccc(Br)c2)c1=O. The Balaban J connectivity index is 2.18. The molecule has 3 N–H and O–H groups in total. The quantitative estimate of drug-likeness (QED) is 0.758. The van der Waals surface area contributed by atoms with Gasteiger partial charge in [0.1, 0.15) is 5.69 Å². The average molecular weight is 330 g/mol. The van der Waals surface area contributed by atoms with E-state index in [-0.39, 0.29) is 11.2 Å². The number of anilines is 1. The van der Waals surface area contributed by atoms with Crippen molar-refractivity contribution >= 4 is 21.6 Å². The number of aromatic amines is 1. The number of hydrogen-bond donors (Lipinski definition) is 2. The Morgan fingerprint density at radius 3 is 2.50 bits per heavy atom. The maximum absolute atomic E-state index is 12.3. The van der Waals surface area contributed by atoms with Gasteiger partial charge in [-0.25, -0.2) is 4.68 Å². The molecule has 0 aliphatic heterocycles. The van der Waals surface area contributed by atoms with E-state index in [1.54, 1.807) is 0 Å². The summed E-state index contributed by atoms with van der Waals surface area (Å²) in [6.07, 6.45) is 0. The van der Waals surface area contributed by atoms with Gasteiger partial charge in [0.2, 0.25) is 0 Å². The summed E-state index contributed by atoms with van der Waals surface area (Å²) in [5, 5.41) is 3.07. The van der Waals surface area contributed by atoms with Crippen LogP contribution in [-0.2, 0) is 0 Å². The topological polar surface area (TPSA) is 63.8 Å². The summed E-state index contributed by atoms with van der Waals surface area (Å²) in [4.78, 5) is 12.3. The molecule has 20 heavy (non-hydrogen) atoms. The number of nitrogen functional groups attached to an aromatic ring is 1. The number of nitrogens with two attached hydrogens (primary N) is 1. The van der Waals surface area contributed by atoms with Gasteiger partial charge < -0.3 is 5.73 Å². The molecule has 0 spiro atoms. The molecule has 4 nitrogen and oxygen atoms in total. The molecule has 0 unspecified atom stereocenters. The molecule has 2 aromatic carbocycles. The van der Waals surface area contributed by atoms with Gasteiger partial charge >= 0.3 is 0 Å². The van der Waals surface area contributed by atoms with Crippen LogP contribution in [0.3, 0.4) is 0 Å². The lowest BCUT2D eigenvalue weighted by atomic mass is 10.1. The van der Waals surface area contributed by atoms with Crippen LogP contribution in [0.2, 0.25) is 0 Å². The Bertz CT molecular complexity index is 805. The van der Waals surface area contributed by atoms with Crippen molar-refractivity contribution in [3.63, 3.8) is 0 Å². The summed E-state index contributed by atoms with van der Waals surface area (Å²) in [6, 6.07) is 17.0. The molecule has 0 aliphatic carbocycles. The van der Waals surface area contributed by atoms with E-state index in [0.29, 0.717) is 5.69 Å². The summed E-state index contributed by atoms with van der Waals surface area (Å²) in [5.74, 6) is 0. The number of halogens is 1. The molecule has 0 fully saturated rings. The van der Waals surface area contributed by atoms with E-state index in [2.05, 4.69) is 21.0 Å². The predicted octanol–water partition coefficient (Wildman–Crippen LogP) is 3.18. The number of aromatic nitrogens is 2. The molecular formula is C15H12BrN3O. The third kappa shape index (κ3) is 2.16. The van der Waals surface area contributed by atoms with Gasteiger partial charge in [-0.1, -0.05) is 52.3 Å². The van der Waals surface area contributed by atoms with E-state index in [1.807, 2.05) is 54.6 Å². The molecule has 100 valence electrons. The first-order valence-electron chi connectivity index (χ1n) is 6.08. The molecule has 3 rings (SSSR count). The lowest BCUT2D eigenvalue weighted by Gasteiger charge is -2.02. The first-order chi connectivity index (χ1) is 9.66. The van der Waals surface area contributed by atoms with Crippen molar-refractivity contribution in [3.8, 4) is 16.9 Å². The third-order valence-corrected chi connectivity index (χ3v) is 3.55. The van der Waals surface area contributed by atoms with Gasteiger partial charge in [0, 0.05) is 10.0 Å². The third-order valence-electron chi connectivity index (χ3n) is 3.06. The number of H-pyrrole nitrogens is 1. The Kier molecular flexibility index (Phi) is 3.20. The highest BCUT2D eigenvalue weighted by molar-refractivity contribution is 9.10. The Morgan fingerprint density at radius 1 is 1.05 bits per heavy atom. The Labute approximate surface area is 124 Å². The standard InChI is InChI=1S/C15H12BrN3O/c16-11-7-4-8-12(9-11)19-15(20)13(17)14(18-19)10-5-2-1-3-6-10/h1-9,18H,17H2. The molecule has 1 aromatic heterocycles. The van der Waals surface area contributed by atoms with Crippen LogP contribution >= 0.6 is 15.9 Å². The van der Waals surface area contributed by atoms with Gasteiger partial charge in [0.05, 0.1) is 11.4 Å². The molecule has 0 saturated heterocycles. The van der Waals surface area contributed by atoms with Gasteiger partial charge in [-0.2, -0.15) is 0 Å². The fourth-order valence-electron chi connectivity index (χ4n) is 2.07. The van der Waals surface area contributed by atoms with Gasteiger partial charge in [0.15, 0.2) is 0 Å². The molecular weight excluding hydrogens is 318 g/mol. The average Bonchev–Trinajstić information content (AvgIpc) is 2.76. The van der Waals surface area contributed by atoms with E-state index in [4.69, 9.17) is 5.73 Å². The first kappa shape index (κ1) is 12.7. The number of nitrogens with zero attached hydrogens (tertiary/aromatic N) is 1. The fraction of sp³-hybridized carbons (Fsp3) is 0.